The third kappa shape index (κ3) is 6.38. The van der Waals surface area contributed by atoms with Gasteiger partial charge in [-0.25, -0.2) is 0 Å². The van der Waals surface area contributed by atoms with Crippen molar-refractivity contribution in [2.75, 3.05) is 4.90 Å². The van der Waals surface area contributed by atoms with Gasteiger partial charge in [-0.2, -0.15) is 0 Å². The highest BCUT2D eigenvalue weighted by molar-refractivity contribution is 6.10. The van der Waals surface area contributed by atoms with Gasteiger partial charge in [-0.05, 0) is 100 Å². The molecule has 3 heteroatoms. The first kappa shape index (κ1) is 36.5. The number of furan rings is 1. The fraction of sp³-hybridized carbons (Fsp3) is 0. The van der Waals surface area contributed by atoms with Crippen molar-refractivity contribution >= 4 is 60.8 Å². The van der Waals surface area contributed by atoms with Crippen LogP contribution >= 0.6 is 0 Å². The molecule has 0 unspecified atom stereocenters. The molecule has 0 saturated carbocycles. The van der Waals surface area contributed by atoms with E-state index >= 15 is 0 Å². The number of anilines is 3. The van der Waals surface area contributed by atoms with Crippen molar-refractivity contribution < 1.29 is 4.42 Å². The molecule has 3 nitrogen and oxygen atoms in total. The highest BCUT2D eigenvalue weighted by Crippen LogP contribution is 2.42. The Morgan fingerprint density at radius 2 is 0.794 bits per heavy atom. The van der Waals surface area contributed by atoms with E-state index in [2.05, 4.69) is 240 Å². The molecule has 0 aliphatic heterocycles. The van der Waals surface area contributed by atoms with Crippen molar-refractivity contribution in [2.45, 2.75) is 0 Å². The molecule has 0 bridgehead atoms. The van der Waals surface area contributed by atoms with Gasteiger partial charge in [0.2, 0.25) is 0 Å². The van der Waals surface area contributed by atoms with Crippen molar-refractivity contribution in [1.82, 2.24) is 4.57 Å². The Labute approximate surface area is 366 Å². The molecule has 0 N–H and O–H groups in total. The minimum atomic E-state index is 0.901. The lowest BCUT2D eigenvalue weighted by atomic mass is 9.98. The van der Waals surface area contributed by atoms with E-state index in [9.17, 15) is 0 Å². The third-order valence-electron chi connectivity index (χ3n) is 12.4. The molecule has 0 atom stereocenters. The molecule has 12 aromatic rings. The summed E-state index contributed by atoms with van der Waals surface area (Å²) in [4.78, 5) is 2.36. The number of benzene rings is 10. The maximum Gasteiger partial charge on any atom is 0.143 e. The standard InChI is InChI=1S/C60H40N2O/c1-2-15-41(16-3-1)44-17-12-18-45(39-44)46-19-13-20-49(40-46)61(48-37-33-43(34-38-48)51-25-14-26-55-54-24-7-11-30-59(54)63-60(51)55)47-35-31-42(32-36-47)50-21-4-8-27-56(50)62-57-28-9-5-22-52(57)53-23-6-10-29-58(53)62/h1-40H. The van der Waals surface area contributed by atoms with Gasteiger partial charge in [0.05, 0.1) is 16.7 Å². The van der Waals surface area contributed by atoms with Crippen LogP contribution in [0.15, 0.2) is 247 Å². The second-order valence-corrected chi connectivity index (χ2v) is 16.1. The van der Waals surface area contributed by atoms with Gasteiger partial charge in [0.1, 0.15) is 11.2 Å². The SMILES string of the molecule is c1ccc(-c2cccc(-c3cccc(N(c4ccc(-c5ccccc5-n5c6ccccc6c6ccccc65)cc4)c4ccc(-c5cccc6c5oc5ccccc56)cc4)c3)c2)cc1. The summed E-state index contributed by atoms with van der Waals surface area (Å²) in [7, 11) is 0. The minimum Gasteiger partial charge on any atom is -0.455 e. The average molecular weight is 805 g/mol. The lowest BCUT2D eigenvalue weighted by Crippen LogP contribution is -2.10. The van der Waals surface area contributed by atoms with Crippen LogP contribution in [0.25, 0.3) is 93.9 Å². The van der Waals surface area contributed by atoms with E-state index in [4.69, 9.17) is 4.42 Å². The summed E-state index contributed by atoms with van der Waals surface area (Å²) < 4.78 is 8.86. The Morgan fingerprint density at radius 3 is 1.51 bits per heavy atom. The first-order chi connectivity index (χ1) is 31.2. The highest BCUT2D eigenvalue weighted by Gasteiger charge is 2.19. The summed E-state index contributed by atoms with van der Waals surface area (Å²) in [5.41, 5.74) is 17.8. The predicted molar refractivity (Wildman–Crippen MR) is 264 cm³/mol. The van der Waals surface area contributed by atoms with Crippen LogP contribution < -0.4 is 4.90 Å². The molecule has 0 aliphatic carbocycles. The molecular formula is C60H40N2O. The Balaban J connectivity index is 0.967. The molecule has 0 saturated heterocycles. The van der Waals surface area contributed by atoms with Crippen molar-refractivity contribution in [3.8, 4) is 50.2 Å². The number of para-hydroxylation sites is 5. The van der Waals surface area contributed by atoms with E-state index in [0.717, 1.165) is 66.9 Å². The van der Waals surface area contributed by atoms with Gasteiger partial charge >= 0.3 is 0 Å². The van der Waals surface area contributed by atoms with Crippen LogP contribution in [-0.4, -0.2) is 4.57 Å². The first-order valence-electron chi connectivity index (χ1n) is 21.5. The molecule has 63 heavy (non-hydrogen) atoms. The Hall–Kier alpha value is -8.40. The summed E-state index contributed by atoms with van der Waals surface area (Å²) in [6, 6.07) is 87.1. The summed E-state index contributed by atoms with van der Waals surface area (Å²) in [6.45, 7) is 0. The molecule has 296 valence electrons. The van der Waals surface area contributed by atoms with Crippen molar-refractivity contribution in [2.24, 2.45) is 0 Å². The normalized spacial score (nSPS) is 11.5. The number of rotatable bonds is 8. The second kappa shape index (κ2) is 15.3. The summed E-state index contributed by atoms with van der Waals surface area (Å²) in [6.07, 6.45) is 0. The van der Waals surface area contributed by atoms with Gasteiger partial charge in [0, 0.05) is 49.7 Å². The number of fused-ring (bicyclic) bond motifs is 6. The van der Waals surface area contributed by atoms with Crippen molar-refractivity contribution in [1.29, 1.82) is 0 Å². The predicted octanol–water partition coefficient (Wildman–Crippen LogP) is 16.8. The maximum atomic E-state index is 6.46. The zero-order chi connectivity index (χ0) is 41.7. The summed E-state index contributed by atoms with van der Waals surface area (Å²) >= 11 is 0. The Morgan fingerprint density at radius 1 is 0.302 bits per heavy atom. The number of hydrogen-bond donors (Lipinski definition) is 0. The molecule has 2 aromatic heterocycles. The maximum absolute atomic E-state index is 6.46. The van der Waals surface area contributed by atoms with E-state index < -0.39 is 0 Å². The Kier molecular flexibility index (Phi) is 8.83. The molecule has 0 amide bonds. The second-order valence-electron chi connectivity index (χ2n) is 16.1. The smallest absolute Gasteiger partial charge is 0.143 e. The van der Waals surface area contributed by atoms with E-state index in [1.54, 1.807) is 0 Å². The zero-order valence-electron chi connectivity index (χ0n) is 34.4. The molecule has 0 fully saturated rings. The largest absolute Gasteiger partial charge is 0.455 e. The number of nitrogens with zero attached hydrogens (tertiary/aromatic N) is 2. The van der Waals surface area contributed by atoms with Crippen molar-refractivity contribution in [3.05, 3.63) is 243 Å². The van der Waals surface area contributed by atoms with Crippen LogP contribution in [0.3, 0.4) is 0 Å². The van der Waals surface area contributed by atoms with Gasteiger partial charge in [-0.15, -0.1) is 0 Å². The Bertz CT molecular complexity index is 3560. The topological polar surface area (TPSA) is 21.3 Å². The van der Waals surface area contributed by atoms with Crippen LogP contribution in [0, 0.1) is 0 Å². The molecule has 0 spiro atoms. The lowest BCUT2D eigenvalue weighted by Gasteiger charge is -2.26. The van der Waals surface area contributed by atoms with E-state index in [1.165, 1.54) is 44.1 Å². The third-order valence-corrected chi connectivity index (χ3v) is 12.4. The molecular weight excluding hydrogens is 765 g/mol. The summed E-state index contributed by atoms with van der Waals surface area (Å²) in [5.74, 6) is 0. The number of aromatic nitrogens is 1. The van der Waals surface area contributed by atoms with Gasteiger partial charge in [-0.1, -0.05) is 176 Å². The molecule has 2 heterocycles. The van der Waals surface area contributed by atoms with Gasteiger partial charge in [-0.3, -0.25) is 0 Å². The first-order valence-corrected chi connectivity index (χ1v) is 21.5. The zero-order valence-corrected chi connectivity index (χ0v) is 34.4. The fourth-order valence-electron chi connectivity index (χ4n) is 9.43. The van der Waals surface area contributed by atoms with Gasteiger partial charge in [0.15, 0.2) is 0 Å². The van der Waals surface area contributed by atoms with Crippen LogP contribution in [0.5, 0.6) is 0 Å². The quantitative estimate of drug-likeness (QED) is 0.153. The fourth-order valence-corrected chi connectivity index (χ4v) is 9.43. The van der Waals surface area contributed by atoms with E-state index in [0.29, 0.717) is 0 Å². The molecule has 10 aromatic carbocycles. The lowest BCUT2D eigenvalue weighted by molar-refractivity contribution is 0.670. The van der Waals surface area contributed by atoms with Crippen LogP contribution in [0.2, 0.25) is 0 Å². The molecule has 0 radical (unpaired) electrons. The summed E-state index contributed by atoms with van der Waals surface area (Å²) in [5, 5.41) is 4.76. The van der Waals surface area contributed by atoms with E-state index in [-0.39, 0.29) is 0 Å². The van der Waals surface area contributed by atoms with Gasteiger partial charge < -0.3 is 13.9 Å². The highest BCUT2D eigenvalue weighted by atomic mass is 16.3. The average Bonchev–Trinajstić information content (AvgIpc) is 3.91. The van der Waals surface area contributed by atoms with Crippen LogP contribution in [0.4, 0.5) is 17.1 Å². The minimum absolute atomic E-state index is 0.901. The van der Waals surface area contributed by atoms with Crippen LogP contribution in [0.1, 0.15) is 0 Å². The molecule has 0 aliphatic rings. The van der Waals surface area contributed by atoms with Crippen LogP contribution in [-0.2, 0) is 0 Å². The number of hydrogen-bond acceptors (Lipinski definition) is 2. The van der Waals surface area contributed by atoms with Crippen molar-refractivity contribution in [3.63, 3.8) is 0 Å². The molecule has 12 rings (SSSR count). The monoisotopic (exact) mass is 804 g/mol. The van der Waals surface area contributed by atoms with Gasteiger partial charge in [0.25, 0.3) is 0 Å². The van der Waals surface area contributed by atoms with E-state index in [1.807, 2.05) is 12.1 Å².